The second kappa shape index (κ2) is 6.67. The van der Waals surface area contributed by atoms with Crippen LogP contribution >= 0.6 is 11.6 Å². The fourth-order valence-corrected chi connectivity index (χ4v) is 3.60. The Morgan fingerprint density at radius 2 is 2.04 bits per heavy atom. The van der Waals surface area contributed by atoms with Crippen LogP contribution in [0.4, 0.5) is 4.39 Å². The zero-order valence-corrected chi connectivity index (χ0v) is 15.0. The number of amides is 2. The van der Waals surface area contributed by atoms with Gasteiger partial charge >= 0.3 is 0 Å². The summed E-state index contributed by atoms with van der Waals surface area (Å²) in [5.74, 6) is -0.873. The van der Waals surface area contributed by atoms with Crippen molar-refractivity contribution in [3.05, 3.63) is 40.2 Å². The van der Waals surface area contributed by atoms with Crippen molar-refractivity contribution in [3.63, 3.8) is 0 Å². The second-order valence-electron chi connectivity index (χ2n) is 6.76. The van der Waals surface area contributed by atoms with E-state index in [0.29, 0.717) is 35.7 Å². The predicted octanol–water partition coefficient (Wildman–Crippen LogP) is 2.84. The normalized spacial score (nSPS) is 18.8. The Balaban J connectivity index is 1.62. The third kappa shape index (κ3) is 3.49. The first-order valence-electron chi connectivity index (χ1n) is 8.16. The number of benzene rings is 1. The molecule has 2 amide bonds. The number of nitrogens with zero attached hydrogens (tertiary/aromatic N) is 1. The number of rotatable bonds is 4. The molecule has 0 aromatic heterocycles. The molecule has 0 bridgehead atoms. The van der Waals surface area contributed by atoms with Gasteiger partial charge in [-0.2, -0.15) is 0 Å². The maximum absolute atomic E-state index is 13.5. The van der Waals surface area contributed by atoms with Crippen molar-refractivity contribution < 1.29 is 18.7 Å². The van der Waals surface area contributed by atoms with Gasteiger partial charge in [0.25, 0.3) is 11.8 Å². The molecule has 1 fully saturated rings. The van der Waals surface area contributed by atoms with Crippen LogP contribution in [0.2, 0.25) is 0 Å². The van der Waals surface area contributed by atoms with Crippen molar-refractivity contribution in [2.45, 2.75) is 31.7 Å². The summed E-state index contributed by atoms with van der Waals surface area (Å²) in [7, 11) is 1.35. The van der Waals surface area contributed by atoms with E-state index in [2.05, 4.69) is 5.32 Å². The lowest BCUT2D eigenvalue weighted by Gasteiger charge is -2.48. The number of likely N-dealkylation sites (tertiary alicyclic amines) is 1. The van der Waals surface area contributed by atoms with Gasteiger partial charge in [-0.1, -0.05) is 11.6 Å². The highest BCUT2D eigenvalue weighted by Gasteiger charge is 2.43. The molecule has 1 heterocycles. The zero-order valence-electron chi connectivity index (χ0n) is 14.2. The second-order valence-corrected chi connectivity index (χ2v) is 7.22. The fourth-order valence-electron chi connectivity index (χ4n) is 3.29. The number of carbonyl (C=O) groups is 2. The van der Waals surface area contributed by atoms with Crippen LogP contribution < -0.4 is 10.1 Å². The lowest BCUT2D eigenvalue weighted by molar-refractivity contribution is -0.134. The van der Waals surface area contributed by atoms with Crippen LogP contribution in [-0.4, -0.2) is 42.5 Å². The molecule has 1 N–H and O–H groups in total. The number of ether oxygens (including phenoxy) is 1. The topological polar surface area (TPSA) is 58.6 Å². The van der Waals surface area contributed by atoms with Gasteiger partial charge in [-0.3, -0.25) is 9.59 Å². The van der Waals surface area contributed by atoms with Gasteiger partial charge in [0, 0.05) is 29.3 Å². The first-order chi connectivity index (χ1) is 11.8. The largest absolute Gasteiger partial charge is 0.494 e. The van der Waals surface area contributed by atoms with E-state index in [1.807, 2.05) is 6.92 Å². The zero-order chi connectivity index (χ0) is 18.2. The van der Waals surface area contributed by atoms with E-state index in [9.17, 15) is 14.0 Å². The van der Waals surface area contributed by atoms with Crippen LogP contribution in [0.25, 0.3) is 0 Å². The molecule has 5 nitrogen and oxygen atoms in total. The van der Waals surface area contributed by atoms with Gasteiger partial charge in [0.1, 0.15) is 0 Å². The summed E-state index contributed by atoms with van der Waals surface area (Å²) in [5.41, 5.74) is 0.490. The van der Waals surface area contributed by atoms with E-state index in [1.165, 1.54) is 25.3 Å². The van der Waals surface area contributed by atoms with Crippen LogP contribution in [0, 0.1) is 5.82 Å². The van der Waals surface area contributed by atoms with Crippen molar-refractivity contribution >= 4 is 23.4 Å². The summed E-state index contributed by atoms with van der Waals surface area (Å²) >= 11 is 6.09. The summed E-state index contributed by atoms with van der Waals surface area (Å²) < 4.78 is 18.3. The fraction of sp³-hybridized carbons (Fsp3) is 0.444. The number of methoxy groups -OCH3 is 1. The van der Waals surface area contributed by atoms with Gasteiger partial charge in [0.2, 0.25) is 0 Å². The molecule has 2 aliphatic rings. The Morgan fingerprint density at radius 1 is 1.32 bits per heavy atom. The van der Waals surface area contributed by atoms with Gasteiger partial charge in [-0.15, -0.1) is 0 Å². The number of hydrogen-bond donors (Lipinski definition) is 1. The standard InChI is InChI=1S/C18H20ClFN2O3/c1-18(9-22(10-18)17(24)12-4-3-5-13(12)19)21-16(23)11-6-7-14(20)15(8-11)25-2/h6-8H,3-5,9-10H2,1-2H3,(H,21,23). The third-order valence-electron chi connectivity index (χ3n) is 4.60. The minimum atomic E-state index is -0.521. The number of carbonyl (C=O) groups excluding carboxylic acids is 2. The number of halogens is 2. The molecule has 0 radical (unpaired) electrons. The molecule has 0 atom stereocenters. The predicted molar refractivity (Wildman–Crippen MR) is 92.1 cm³/mol. The summed E-state index contributed by atoms with van der Waals surface area (Å²) in [4.78, 5) is 26.5. The average Bonchev–Trinajstić information content (AvgIpc) is 2.98. The first kappa shape index (κ1) is 17.7. The monoisotopic (exact) mass is 366 g/mol. The SMILES string of the molecule is COc1cc(C(=O)NC2(C)CN(C(=O)C3=C(Cl)CCC3)C2)ccc1F. The Kier molecular flexibility index (Phi) is 4.73. The Morgan fingerprint density at radius 3 is 2.64 bits per heavy atom. The molecule has 0 unspecified atom stereocenters. The third-order valence-corrected chi connectivity index (χ3v) is 5.02. The van der Waals surface area contributed by atoms with Crippen LogP contribution in [0.15, 0.2) is 28.8 Å². The lowest BCUT2D eigenvalue weighted by atomic mass is 9.90. The van der Waals surface area contributed by atoms with Gasteiger partial charge in [-0.05, 0) is 44.4 Å². The van der Waals surface area contributed by atoms with E-state index < -0.39 is 11.4 Å². The summed E-state index contributed by atoms with van der Waals surface area (Å²) in [6.07, 6.45) is 2.39. The molecule has 1 saturated heterocycles. The van der Waals surface area contributed by atoms with Crippen LogP contribution in [0.1, 0.15) is 36.5 Å². The molecular formula is C18H20ClFN2O3. The highest BCUT2D eigenvalue weighted by molar-refractivity contribution is 6.32. The molecule has 25 heavy (non-hydrogen) atoms. The van der Waals surface area contributed by atoms with E-state index >= 15 is 0 Å². The van der Waals surface area contributed by atoms with E-state index in [-0.39, 0.29) is 17.6 Å². The molecule has 1 aliphatic heterocycles. The maximum Gasteiger partial charge on any atom is 0.251 e. The lowest BCUT2D eigenvalue weighted by Crippen LogP contribution is -2.69. The van der Waals surface area contributed by atoms with Crippen molar-refractivity contribution in [3.8, 4) is 5.75 Å². The molecule has 1 aliphatic carbocycles. The van der Waals surface area contributed by atoms with Crippen LogP contribution in [0.5, 0.6) is 5.75 Å². The van der Waals surface area contributed by atoms with Crippen molar-refractivity contribution in [2.24, 2.45) is 0 Å². The minimum absolute atomic E-state index is 0.0195. The van der Waals surface area contributed by atoms with Crippen molar-refractivity contribution in [1.82, 2.24) is 10.2 Å². The van der Waals surface area contributed by atoms with Gasteiger partial charge in [-0.25, -0.2) is 4.39 Å². The van der Waals surface area contributed by atoms with Gasteiger partial charge in [0.15, 0.2) is 11.6 Å². The van der Waals surface area contributed by atoms with Crippen molar-refractivity contribution in [1.29, 1.82) is 0 Å². The Bertz CT molecular complexity index is 757. The number of hydrogen-bond acceptors (Lipinski definition) is 3. The maximum atomic E-state index is 13.5. The smallest absolute Gasteiger partial charge is 0.251 e. The number of nitrogens with one attached hydrogen (secondary N) is 1. The quantitative estimate of drug-likeness (QED) is 0.891. The summed E-state index contributed by atoms with van der Waals surface area (Å²) in [5, 5.41) is 3.56. The van der Waals surface area contributed by atoms with Crippen LogP contribution in [0.3, 0.4) is 0 Å². The van der Waals surface area contributed by atoms with E-state index in [1.54, 1.807) is 4.90 Å². The molecule has 7 heteroatoms. The molecule has 0 saturated carbocycles. The van der Waals surface area contributed by atoms with E-state index in [0.717, 1.165) is 12.8 Å². The molecule has 3 rings (SSSR count). The Labute approximate surface area is 150 Å². The highest BCUT2D eigenvalue weighted by atomic mass is 35.5. The molecular weight excluding hydrogens is 347 g/mol. The molecule has 0 spiro atoms. The summed E-state index contributed by atoms with van der Waals surface area (Å²) in [6.45, 7) is 2.72. The van der Waals surface area contributed by atoms with Crippen LogP contribution in [-0.2, 0) is 4.79 Å². The number of allylic oxidation sites excluding steroid dienone is 1. The van der Waals surface area contributed by atoms with Crippen molar-refractivity contribution in [2.75, 3.05) is 20.2 Å². The molecule has 1 aromatic carbocycles. The minimum Gasteiger partial charge on any atom is -0.494 e. The average molecular weight is 367 g/mol. The van der Waals surface area contributed by atoms with E-state index in [4.69, 9.17) is 16.3 Å². The highest BCUT2D eigenvalue weighted by Crippen LogP contribution is 2.32. The first-order valence-corrected chi connectivity index (χ1v) is 8.53. The molecule has 134 valence electrons. The van der Waals surface area contributed by atoms with Gasteiger partial charge in [0.05, 0.1) is 12.6 Å². The van der Waals surface area contributed by atoms with Gasteiger partial charge < -0.3 is 15.0 Å². The Hall–Kier alpha value is -2.08. The summed E-state index contributed by atoms with van der Waals surface area (Å²) in [6, 6.07) is 3.96. The molecule has 1 aromatic rings.